The molecule has 1 aliphatic rings. The molecule has 9 nitrogen and oxygen atoms in total. The number of benzene rings is 3. The summed E-state index contributed by atoms with van der Waals surface area (Å²) in [5, 5.41) is 14.2. The van der Waals surface area contributed by atoms with Crippen molar-refractivity contribution in [3.8, 4) is 11.5 Å². The number of ether oxygens (including phenoxy) is 2. The molecular weight excluding hydrogens is 472 g/mol. The Hall–Kier alpha value is -3.63. The molecule has 0 spiro atoms. The zero-order valence-corrected chi connectivity index (χ0v) is 20.0. The number of hydrogen-bond acceptors (Lipinski definition) is 7. The fraction of sp³-hybridized carbons (Fsp3) is 0.280. The number of aromatic hydroxyl groups is 1. The van der Waals surface area contributed by atoms with Crippen LogP contribution in [0.3, 0.4) is 0 Å². The SMILES string of the molecule is COc1ccc(S(=O)(=O)N2CCCCC2)cc1NC(=O)COC(=O)c1cc2ccccc2cc1O. The smallest absolute Gasteiger partial charge is 0.342 e. The number of piperidine rings is 1. The Morgan fingerprint density at radius 3 is 2.37 bits per heavy atom. The van der Waals surface area contributed by atoms with E-state index >= 15 is 0 Å². The lowest BCUT2D eigenvalue weighted by atomic mass is 10.1. The monoisotopic (exact) mass is 498 g/mol. The molecule has 1 heterocycles. The third-order valence-corrected chi connectivity index (χ3v) is 7.71. The van der Waals surface area contributed by atoms with Gasteiger partial charge < -0.3 is 19.9 Å². The first-order valence-electron chi connectivity index (χ1n) is 11.2. The third-order valence-electron chi connectivity index (χ3n) is 5.82. The largest absolute Gasteiger partial charge is 0.507 e. The normalized spacial score (nSPS) is 14.4. The van der Waals surface area contributed by atoms with Crippen LogP contribution in [0.15, 0.2) is 59.5 Å². The first-order chi connectivity index (χ1) is 16.8. The van der Waals surface area contributed by atoms with Gasteiger partial charge >= 0.3 is 5.97 Å². The zero-order valence-electron chi connectivity index (χ0n) is 19.2. The fourth-order valence-corrected chi connectivity index (χ4v) is 5.53. The number of sulfonamides is 1. The molecule has 0 atom stereocenters. The van der Waals surface area contributed by atoms with Crippen LogP contribution >= 0.6 is 0 Å². The number of anilines is 1. The molecule has 0 bridgehead atoms. The maximum atomic E-state index is 13.0. The Kier molecular flexibility index (Phi) is 7.23. The van der Waals surface area contributed by atoms with E-state index < -0.39 is 28.5 Å². The summed E-state index contributed by atoms with van der Waals surface area (Å²) in [5.41, 5.74) is 0.0730. The topological polar surface area (TPSA) is 122 Å². The molecule has 4 rings (SSSR count). The minimum atomic E-state index is -3.72. The predicted octanol–water partition coefficient (Wildman–Crippen LogP) is 3.52. The van der Waals surface area contributed by atoms with Gasteiger partial charge in [0.05, 0.1) is 17.7 Å². The van der Waals surface area contributed by atoms with Crippen molar-refractivity contribution in [3.63, 3.8) is 0 Å². The van der Waals surface area contributed by atoms with E-state index in [1.807, 2.05) is 6.07 Å². The molecule has 1 amide bonds. The van der Waals surface area contributed by atoms with Gasteiger partial charge in [-0.05, 0) is 53.9 Å². The molecular formula is C25H26N2O7S. The van der Waals surface area contributed by atoms with Gasteiger partial charge in [0.2, 0.25) is 10.0 Å². The molecule has 0 radical (unpaired) electrons. The van der Waals surface area contributed by atoms with E-state index in [0.29, 0.717) is 13.1 Å². The van der Waals surface area contributed by atoms with Gasteiger partial charge in [0, 0.05) is 13.1 Å². The van der Waals surface area contributed by atoms with E-state index in [0.717, 1.165) is 30.0 Å². The van der Waals surface area contributed by atoms with E-state index in [1.54, 1.807) is 18.2 Å². The Morgan fingerprint density at radius 1 is 1.00 bits per heavy atom. The number of esters is 1. The number of phenolic OH excluding ortho intramolecular Hbond substituents is 1. The molecule has 0 aliphatic carbocycles. The van der Waals surface area contributed by atoms with Crippen LogP contribution < -0.4 is 10.1 Å². The molecule has 1 aliphatic heterocycles. The van der Waals surface area contributed by atoms with Crippen molar-refractivity contribution in [1.29, 1.82) is 0 Å². The lowest BCUT2D eigenvalue weighted by Crippen LogP contribution is -2.35. The fourth-order valence-electron chi connectivity index (χ4n) is 3.99. The molecule has 3 aromatic rings. The zero-order chi connectivity index (χ0) is 25.0. The van der Waals surface area contributed by atoms with Gasteiger partial charge in [-0.15, -0.1) is 0 Å². The van der Waals surface area contributed by atoms with E-state index in [4.69, 9.17) is 9.47 Å². The minimum absolute atomic E-state index is 0.0357. The van der Waals surface area contributed by atoms with Crippen molar-refractivity contribution < 1.29 is 32.6 Å². The molecule has 0 aromatic heterocycles. The van der Waals surface area contributed by atoms with E-state index in [2.05, 4.69) is 5.32 Å². The number of nitrogens with zero attached hydrogens (tertiary/aromatic N) is 1. The van der Waals surface area contributed by atoms with Gasteiger partial charge in [0.1, 0.15) is 17.1 Å². The minimum Gasteiger partial charge on any atom is -0.507 e. The van der Waals surface area contributed by atoms with Gasteiger partial charge in [-0.3, -0.25) is 4.79 Å². The van der Waals surface area contributed by atoms with Crippen molar-refractivity contribution in [2.45, 2.75) is 24.2 Å². The number of nitrogens with one attached hydrogen (secondary N) is 1. The molecule has 3 aromatic carbocycles. The summed E-state index contributed by atoms with van der Waals surface area (Å²) in [7, 11) is -2.32. The number of fused-ring (bicyclic) bond motifs is 1. The van der Waals surface area contributed by atoms with Crippen LogP contribution in [0.5, 0.6) is 11.5 Å². The van der Waals surface area contributed by atoms with Crippen molar-refractivity contribution in [1.82, 2.24) is 4.31 Å². The number of carbonyl (C=O) groups is 2. The van der Waals surface area contributed by atoms with Crippen LogP contribution in [-0.4, -0.2) is 56.5 Å². The second-order valence-corrected chi connectivity index (χ2v) is 10.1. The van der Waals surface area contributed by atoms with Crippen LogP contribution in [0.1, 0.15) is 29.6 Å². The highest BCUT2D eigenvalue weighted by Crippen LogP contribution is 2.30. The number of phenols is 1. The first-order valence-corrected chi connectivity index (χ1v) is 12.6. The number of rotatable bonds is 7. The summed E-state index contributed by atoms with van der Waals surface area (Å²) in [6, 6.07) is 14.4. The Labute approximate surface area is 203 Å². The molecule has 0 saturated carbocycles. The lowest BCUT2D eigenvalue weighted by Gasteiger charge is -2.26. The second-order valence-electron chi connectivity index (χ2n) is 8.17. The number of amides is 1. The highest BCUT2D eigenvalue weighted by Gasteiger charge is 2.27. The van der Waals surface area contributed by atoms with E-state index in [-0.39, 0.29) is 27.6 Å². The Morgan fingerprint density at radius 2 is 1.69 bits per heavy atom. The second kappa shape index (κ2) is 10.3. The van der Waals surface area contributed by atoms with Gasteiger partial charge in [0.15, 0.2) is 6.61 Å². The van der Waals surface area contributed by atoms with Crippen LogP contribution in [0.4, 0.5) is 5.69 Å². The standard InChI is InChI=1S/C25H26N2O7S/c1-33-23-10-9-19(35(31,32)27-11-5-2-6-12-27)15-21(23)26-24(29)16-34-25(30)20-13-17-7-3-4-8-18(17)14-22(20)28/h3-4,7-10,13-15,28H,2,5-6,11-12,16H2,1H3,(H,26,29). The molecule has 2 N–H and O–H groups in total. The summed E-state index contributed by atoms with van der Waals surface area (Å²) >= 11 is 0. The summed E-state index contributed by atoms with van der Waals surface area (Å²) in [6.45, 7) is 0.263. The van der Waals surface area contributed by atoms with Crippen molar-refractivity contribution in [3.05, 3.63) is 60.2 Å². The summed E-state index contributed by atoms with van der Waals surface area (Å²) < 4.78 is 37.8. The number of methoxy groups -OCH3 is 1. The highest BCUT2D eigenvalue weighted by atomic mass is 32.2. The van der Waals surface area contributed by atoms with E-state index in [9.17, 15) is 23.1 Å². The molecule has 35 heavy (non-hydrogen) atoms. The maximum Gasteiger partial charge on any atom is 0.342 e. The van der Waals surface area contributed by atoms with Crippen LogP contribution in [-0.2, 0) is 19.6 Å². The first kappa shape index (κ1) is 24.5. The lowest BCUT2D eigenvalue weighted by molar-refractivity contribution is -0.119. The Bertz CT molecular complexity index is 1370. The van der Waals surface area contributed by atoms with Gasteiger partial charge in [-0.2, -0.15) is 4.31 Å². The van der Waals surface area contributed by atoms with Crippen molar-refractivity contribution in [2.24, 2.45) is 0 Å². The van der Waals surface area contributed by atoms with Gasteiger partial charge in [0.25, 0.3) is 5.91 Å². The molecule has 1 fully saturated rings. The number of carbonyl (C=O) groups excluding carboxylic acids is 2. The van der Waals surface area contributed by atoms with Crippen LogP contribution in [0.25, 0.3) is 10.8 Å². The van der Waals surface area contributed by atoms with Gasteiger partial charge in [-0.25, -0.2) is 13.2 Å². The maximum absolute atomic E-state index is 13.0. The summed E-state index contributed by atoms with van der Waals surface area (Å²) in [4.78, 5) is 25.0. The van der Waals surface area contributed by atoms with Crippen molar-refractivity contribution >= 4 is 38.4 Å². The summed E-state index contributed by atoms with van der Waals surface area (Å²) in [5.74, 6) is -1.55. The highest BCUT2D eigenvalue weighted by molar-refractivity contribution is 7.89. The van der Waals surface area contributed by atoms with Crippen LogP contribution in [0.2, 0.25) is 0 Å². The van der Waals surface area contributed by atoms with Crippen LogP contribution in [0, 0.1) is 0 Å². The van der Waals surface area contributed by atoms with Crippen molar-refractivity contribution in [2.75, 3.05) is 32.1 Å². The van der Waals surface area contributed by atoms with E-state index in [1.165, 1.54) is 41.7 Å². The summed E-state index contributed by atoms with van der Waals surface area (Å²) in [6.07, 6.45) is 2.60. The third kappa shape index (κ3) is 5.39. The number of hydrogen-bond donors (Lipinski definition) is 2. The quantitative estimate of drug-likeness (QED) is 0.478. The average molecular weight is 499 g/mol. The Balaban J connectivity index is 1.46. The van der Waals surface area contributed by atoms with Gasteiger partial charge in [-0.1, -0.05) is 30.7 Å². The average Bonchev–Trinajstić information content (AvgIpc) is 2.87. The molecule has 1 saturated heterocycles. The molecule has 10 heteroatoms. The molecule has 184 valence electrons. The molecule has 0 unspecified atom stereocenters. The predicted molar refractivity (Wildman–Crippen MR) is 130 cm³/mol.